The highest BCUT2D eigenvalue weighted by Crippen LogP contribution is 2.27. The summed E-state index contributed by atoms with van der Waals surface area (Å²) < 4.78 is 33.1. The Kier molecular flexibility index (Phi) is 7.21. The van der Waals surface area contributed by atoms with Crippen molar-refractivity contribution in [2.75, 3.05) is 25.5 Å². The lowest BCUT2D eigenvalue weighted by atomic mass is 10.1. The molecule has 0 unspecified atom stereocenters. The predicted molar refractivity (Wildman–Crippen MR) is 126 cm³/mol. The number of nitrogens with one attached hydrogen (secondary N) is 2. The Balaban J connectivity index is 1.32. The minimum atomic E-state index is -3.57. The van der Waals surface area contributed by atoms with Crippen molar-refractivity contribution in [2.24, 2.45) is 0 Å². The Morgan fingerprint density at radius 2 is 1.91 bits per heavy atom. The summed E-state index contributed by atoms with van der Waals surface area (Å²) in [4.78, 5) is 21.5. The van der Waals surface area contributed by atoms with Gasteiger partial charge < -0.3 is 15.4 Å². The fourth-order valence-corrected chi connectivity index (χ4v) is 6.47. The number of amides is 1. The van der Waals surface area contributed by atoms with Crippen molar-refractivity contribution in [2.45, 2.75) is 29.6 Å². The van der Waals surface area contributed by atoms with E-state index in [9.17, 15) is 13.2 Å². The summed E-state index contributed by atoms with van der Waals surface area (Å²) in [7, 11) is -2.03. The van der Waals surface area contributed by atoms with Crippen molar-refractivity contribution in [3.05, 3.63) is 65.3 Å². The monoisotopic (exact) mass is 487 g/mol. The number of rotatable bonds is 8. The molecule has 9 nitrogen and oxygen atoms in total. The lowest BCUT2D eigenvalue weighted by Gasteiger charge is -2.31. The Hall–Kier alpha value is -3.02. The highest BCUT2D eigenvalue weighted by atomic mass is 32.2. The Morgan fingerprint density at radius 3 is 2.64 bits per heavy atom. The van der Waals surface area contributed by atoms with Gasteiger partial charge in [-0.1, -0.05) is 6.07 Å². The van der Waals surface area contributed by atoms with Crippen molar-refractivity contribution in [3.8, 4) is 5.75 Å². The number of ether oxygens (including phenoxy) is 1. The Bertz CT molecular complexity index is 1190. The van der Waals surface area contributed by atoms with Crippen LogP contribution in [0.4, 0.5) is 5.95 Å². The summed E-state index contributed by atoms with van der Waals surface area (Å²) in [5.74, 6) is 0.906. The van der Waals surface area contributed by atoms with Gasteiger partial charge in [0.15, 0.2) is 0 Å². The number of benzene rings is 1. The van der Waals surface area contributed by atoms with Gasteiger partial charge in [-0.2, -0.15) is 4.31 Å². The van der Waals surface area contributed by atoms with Crippen LogP contribution in [0.2, 0.25) is 0 Å². The van der Waals surface area contributed by atoms with Crippen LogP contribution in [-0.4, -0.2) is 54.8 Å². The van der Waals surface area contributed by atoms with E-state index in [2.05, 4.69) is 20.6 Å². The van der Waals surface area contributed by atoms with Gasteiger partial charge in [0.2, 0.25) is 5.95 Å². The molecule has 3 aromatic rings. The van der Waals surface area contributed by atoms with Gasteiger partial charge in [0, 0.05) is 42.0 Å². The number of nitrogens with zero attached hydrogens (tertiary/aromatic N) is 3. The van der Waals surface area contributed by atoms with Crippen molar-refractivity contribution >= 4 is 33.2 Å². The van der Waals surface area contributed by atoms with E-state index in [1.54, 1.807) is 62.0 Å². The van der Waals surface area contributed by atoms with Crippen LogP contribution in [0, 0.1) is 0 Å². The number of methoxy groups -OCH3 is 1. The molecular formula is C22H25N5O4S2. The number of anilines is 1. The zero-order valence-electron chi connectivity index (χ0n) is 18.1. The fourth-order valence-electron chi connectivity index (χ4n) is 3.55. The second-order valence-corrected chi connectivity index (χ2v) is 10.9. The van der Waals surface area contributed by atoms with E-state index >= 15 is 0 Å². The third-order valence-electron chi connectivity index (χ3n) is 5.34. The van der Waals surface area contributed by atoms with Crippen LogP contribution < -0.4 is 15.4 Å². The molecule has 1 fully saturated rings. The minimum Gasteiger partial charge on any atom is -0.497 e. The van der Waals surface area contributed by atoms with E-state index in [0.717, 1.165) is 4.88 Å². The second kappa shape index (κ2) is 10.3. The summed E-state index contributed by atoms with van der Waals surface area (Å²) >= 11 is 1.18. The zero-order valence-corrected chi connectivity index (χ0v) is 19.7. The molecule has 0 aliphatic carbocycles. The first-order chi connectivity index (χ1) is 16.0. The normalized spacial score (nSPS) is 15.2. The largest absolute Gasteiger partial charge is 0.497 e. The molecule has 174 valence electrons. The highest BCUT2D eigenvalue weighted by Gasteiger charge is 2.30. The van der Waals surface area contributed by atoms with Crippen LogP contribution in [0.3, 0.4) is 0 Å². The first-order valence-corrected chi connectivity index (χ1v) is 12.8. The van der Waals surface area contributed by atoms with Crippen molar-refractivity contribution < 1.29 is 17.9 Å². The van der Waals surface area contributed by atoms with Crippen molar-refractivity contribution in [1.82, 2.24) is 19.6 Å². The third kappa shape index (κ3) is 5.67. The summed E-state index contributed by atoms with van der Waals surface area (Å²) in [6.45, 7) is 1.10. The predicted octanol–water partition coefficient (Wildman–Crippen LogP) is 2.74. The lowest BCUT2D eigenvalue weighted by molar-refractivity contribution is 0.0951. The summed E-state index contributed by atoms with van der Waals surface area (Å²) in [5, 5.41) is 6.08. The van der Waals surface area contributed by atoms with Crippen LogP contribution in [0.5, 0.6) is 5.75 Å². The molecule has 11 heteroatoms. The number of carbonyl (C=O) groups excluding carboxylic acids is 1. The topological polar surface area (TPSA) is 114 Å². The van der Waals surface area contributed by atoms with Crippen LogP contribution in [0.25, 0.3) is 0 Å². The van der Waals surface area contributed by atoms with Gasteiger partial charge in [-0.3, -0.25) is 4.79 Å². The molecule has 0 bridgehead atoms. The standard InChI is InChI=1S/C22H25N5O4S2/c1-31-18-5-2-4-16(14-18)21(28)25-15-19-6-7-20(32-19)33(29,30)27-12-8-17(9-13-27)26-22-23-10-3-11-24-22/h2-7,10-11,14,17H,8-9,12-13,15H2,1H3,(H,25,28)(H,23,24,26). The van der Waals surface area contributed by atoms with E-state index in [-0.39, 0.29) is 22.7 Å². The molecular weight excluding hydrogens is 462 g/mol. The SMILES string of the molecule is COc1cccc(C(=O)NCc2ccc(S(=O)(=O)N3CCC(Nc4ncccn4)CC3)s2)c1. The highest BCUT2D eigenvalue weighted by molar-refractivity contribution is 7.91. The molecule has 2 aromatic heterocycles. The van der Waals surface area contributed by atoms with Crippen LogP contribution in [0.1, 0.15) is 28.1 Å². The van der Waals surface area contributed by atoms with Gasteiger partial charge in [0.1, 0.15) is 9.96 Å². The van der Waals surface area contributed by atoms with E-state index < -0.39 is 10.0 Å². The van der Waals surface area contributed by atoms with Gasteiger partial charge in [0.05, 0.1) is 13.7 Å². The van der Waals surface area contributed by atoms with E-state index in [4.69, 9.17) is 4.74 Å². The lowest BCUT2D eigenvalue weighted by Crippen LogP contribution is -2.42. The molecule has 3 heterocycles. The quantitative estimate of drug-likeness (QED) is 0.502. The first-order valence-electron chi connectivity index (χ1n) is 10.5. The molecule has 1 aliphatic heterocycles. The van der Waals surface area contributed by atoms with Crippen LogP contribution in [-0.2, 0) is 16.6 Å². The van der Waals surface area contributed by atoms with Gasteiger partial charge in [-0.15, -0.1) is 11.3 Å². The molecule has 1 amide bonds. The Morgan fingerprint density at radius 1 is 1.15 bits per heavy atom. The molecule has 0 spiro atoms. The molecule has 0 radical (unpaired) electrons. The maximum atomic E-state index is 13.1. The maximum absolute atomic E-state index is 13.1. The molecule has 33 heavy (non-hydrogen) atoms. The number of aromatic nitrogens is 2. The van der Waals surface area contributed by atoms with Crippen molar-refractivity contribution in [1.29, 1.82) is 0 Å². The number of carbonyl (C=O) groups is 1. The van der Waals surface area contributed by atoms with Crippen LogP contribution >= 0.6 is 11.3 Å². The number of piperidine rings is 1. The van der Waals surface area contributed by atoms with Gasteiger partial charge >= 0.3 is 0 Å². The molecule has 0 atom stereocenters. The van der Waals surface area contributed by atoms with Crippen LogP contribution in [0.15, 0.2) is 59.1 Å². The van der Waals surface area contributed by atoms with Gasteiger partial charge in [-0.05, 0) is 49.2 Å². The number of sulfonamides is 1. The average Bonchev–Trinajstić information content (AvgIpc) is 3.34. The maximum Gasteiger partial charge on any atom is 0.252 e. The minimum absolute atomic E-state index is 0.129. The molecule has 4 rings (SSSR count). The third-order valence-corrected chi connectivity index (χ3v) is 8.79. The second-order valence-electron chi connectivity index (χ2n) is 7.53. The summed E-state index contributed by atoms with van der Waals surface area (Å²) in [6.07, 6.45) is 4.68. The molecule has 1 aliphatic rings. The summed E-state index contributed by atoms with van der Waals surface area (Å²) in [6, 6.07) is 12.1. The molecule has 0 saturated carbocycles. The van der Waals surface area contributed by atoms with Gasteiger partial charge in [-0.25, -0.2) is 18.4 Å². The fraction of sp³-hybridized carbons (Fsp3) is 0.318. The number of hydrogen-bond donors (Lipinski definition) is 2. The number of hydrogen-bond acceptors (Lipinski definition) is 8. The van der Waals surface area contributed by atoms with Crippen molar-refractivity contribution in [3.63, 3.8) is 0 Å². The van der Waals surface area contributed by atoms with E-state index in [0.29, 0.717) is 43.2 Å². The molecule has 1 saturated heterocycles. The van der Waals surface area contributed by atoms with E-state index in [1.807, 2.05) is 0 Å². The zero-order chi connectivity index (χ0) is 23.3. The molecule has 1 aromatic carbocycles. The Labute approximate surface area is 196 Å². The first kappa shape index (κ1) is 23.1. The molecule has 2 N–H and O–H groups in total. The number of thiophene rings is 1. The average molecular weight is 488 g/mol. The smallest absolute Gasteiger partial charge is 0.252 e. The van der Waals surface area contributed by atoms with E-state index in [1.165, 1.54) is 15.6 Å². The van der Waals surface area contributed by atoms with Gasteiger partial charge in [0.25, 0.3) is 15.9 Å². The summed E-state index contributed by atoms with van der Waals surface area (Å²) in [5.41, 5.74) is 0.483.